The maximum atomic E-state index is 12.4. The van der Waals surface area contributed by atoms with Crippen LogP contribution in [-0.2, 0) is 4.74 Å². The van der Waals surface area contributed by atoms with Crippen LogP contribution in [0.4, 0.5) is 5.69 Å². The van der Waals surface area contributed by atoms with Crippen molar-refractivity contribution in [1.29, 1.82) is 0 Å². The third-order valence-electron chi connectivity index (χ3n) is 3.23. The van der Waals surface area contributed by atoms with E-state index in [1.165, 1.54) is 0 Å². The van der Waals surface area contributed by atoms with Gasteiger partial charge in [-0.2, -0.15) is 0 Å². The SMILES string of the molecule is CCOC1CCCN(C(=O)c2cc(N)cc(Cl)c2)C1. The van der Waals surface area contributed by atoms with Gasteiger partial charge in [0.25, 0.3) is 5.91 Å². The molecule has 1 aromatic rings. The van der Waals surface area contributed by atoms with E-state index in [0.29, 0.717) is 29.4 Å². The maximum Gasteiger partial charge on any atom is 0.254 e. The molecule has 0 spiro atoms. The minimum atomic E-state index is -0.0291. The minimum Gasteiger partial charge on any atom is -0.399 e. The smallest absolute Gasteiger partial charge is 0.254 e. The van der Waals surface area contributed by atoms with Crippen molar-refractivity contribution in [2.45, 2.75) is 25.9 Å². The lowest BCUT2D eigenvalue weighted by Crippen LogP contribution is -2.43. The molecule has 0 aliphatic carbocycles. The Morgan fingerprint density at radius 2 is 2.32 bits per heavy atom. The van der Waals surface area contributed by atoms with Crippen molar-refractivity contribution in [2.75, 3.05) is 25.4 Å². The number of nitrogens with two attached hydrogens (primary N) is 1. The van der Waals surface area contributed by atoms with Crippen LogP contribution in [0.5, 0.6) is 0 Å². The largest absolute Gasteiger partial charge is 0.399 e. The van der Waals surface area contributed by atoms with Gasteiger partial charge < -0.3 is 15.4 Å². The highest BCUT2D eigenvalue weighted by Gasteiger charge is 2.24. The molecule has 0 radical (unpaired) electrons. The van der Waals surface area contributed by atoms with Gasteiger partial charge in [0, 0.05) is 36.0 Å². The topological polar surface area (TPSA) is 55.6 Å². The first-order valence-corrected chi connectivity index (χ1v) is 6.95. The Balaban J connectivity index is 2.10. The molecule has 1 fully saturated rings. The van der Waals surface area contributed by atoms with Crippen molar-refractivity contribution >= 4 is 23.2 Å². The lowest BCUT2D eigenvalue weighted by molar-refractivity contribution is 0.00725. The highest BCUT2D eigenvalue weighted by molar-refractivity contribution is 6.31. The van der Waals surface area contributed by atoms with E-state index in [9.17, 15) is 4.79 Å². The first-order valence-electron chi connectivity index (χ1n) is 6.57. The minimum absolute atomic E-state index is 0.0291. The second-order valence-corrected chi connectivity index (χ2v) is 5.18. The van der Waals surface area contributed by atoms with E-state index in [1.54, 1.807) is 18.2 Å². The van der Waals surface area contributed by atoms with Crippen molar-refractivity contribution in [1.82, 2.24) is 4.90 Å². The van der Waals surface area contributed by atoms with Gasteiger partial charge in [-0.3, -0.25) is 4.79 Å². The summed E-state index contributed by atoms with van der Waals surface area (Å²) >= 11 is 5.94. The standard InChI is InChI=1S/C14H19ClN2O2/c1-2-19-13-4-3-5-17(9-13)14(18)10-6-11(15)8-12(16)7-10/h6-8,13H,2-5,9,16H2,1H3. The van der Waals surface area contributed by atoms with Crippen LogP contribution >= 0.6 is 11.6 Å². The average Bonchev–Trinajstić information content (AvgIpc) is 2.37. The normalized spacial score (nSPS) is 19.5. The molecule has 1 saturated heterocycles. The summed E-state index contributed by atoms with van der Waals surface area (Å²) < 4.78 is 5.60. The second kappa shape index (κ2) is 6.26. The van der Waals surface area contributed by atoms with Crippen LogP contribution in [-0.4, -0.2) is 36.6 Å². The molecule has 4 nitrogen and oxygen atoms in total. The number of carbonyl (C=O) groups excluding carboxylic acids is 1. The number of anilines is 1. The van der Waals surface area contributed by atoms with E-state index >= 15 is 0 Å². The van der Waals surface area contributed by atoms with Gasteiger partial charge in [0.1, 0.15) is 0 Å². The fourth-order valence-electron chi connectivity index (χ4n) is 2.41. The van der Waals surface area contributed by atoms with Crippen LogP contribution in [0.2, 0.25) is 5.02 Å². The number of carbonyl (C=O) groups is 1. The van der Waals surface area contributed by atoms with Gasteiger partial charge in [-0.15, -0.1) is 0 Å². The van der Waals surface area contributed by atoms with Gasteiger partial charge in [0.05, 0.1) is 6.10 Å². The predicted molar refractivity (Wildman–Crippen MR) is 76.4 cm³/mol. The zero-order chi connectivity index (χ0) is 13.8. The summed E-state index contributed by atoms with van der Waals surface area (Å²) in [5.41, 5.74) is 6.77. The van der Waals surface area contributed by atoms with Crippen LogP contribution in [0, 0.1) is 0 Å². The quantitative estimate of drug-likeness (QED) is 0.867. The third-order valence-corrected chi connectivity index (χ3v) is 3.45. The fraction of sp³-hybridized carbons (Fsp3) is 0.500. The summed E-state index contributed by atoms with van der Waals surface area (Å²) in [5.74, 6) is -0.0291. The van der Waals surface area contributed by atoms with Crippen LogP contribution < -0.4 is 5.73 Å². The molecule has 0 bridgehead atoms. The number of amides is 1. The van der Waals surface area contributed by atoms with E-state index in [-0.39, 0.29) is 12.0 Å². The van der Waals surface area contributed by atoms with Crippen LogP contribution in [0.25, 0.3) is 0 Å². The monoisotopic (exact) mass is 282 g/mol. The molecule has 0 aromatic heterocycles. The van der Waals surface area contributed by atoms with E-state index in [1.807, 2.05) is 11.8 Å². The summed E-state index contributed by atoms with van der Waals surface area (Å²) in [7, 11) is 0. The lowest BCUT2D eigenvalue weighted by atomic mass is 10.1. The molecule has 1 aliphatic heterocycles. The Morgan fingerprint density at radius 1 is 1.53 bits per heavy atom. The summed E-state index contributed by atoms with van der Waals surface area (Å²) in [4.78, 5) is 14.2. The van der Waals surface area contributed by atoms with Gasteiger partial charge in [0.15, 0.2) is 0 Å². The molecule has 1 aromatic carbocycles. The molecule has 2 rings (SSSR count). The van der Waals surface area contributed by atoms with E-state index < -0.39 is 0 Å². The summed E-state index contributed by atoms with van der Waals surface area (Å²) in [5, 5.41) is 0.488. The number of hydrogen-bond acceptors (Lipinski definition) is 3. The average molecular weight is 283 g/mol. The van der Waals surface area contributed by atoms with Gasteiger partial charge in [-0.05, 0) is 38.0 Å². The molecule has 2 N–H and O–H groups in total. The van der Waals surface area contributed by atoms with Crippen molar-refractivity contribution in [3.63, 3.8) is 0 Å². The molecule has 0 saturated carbocycles. The van der Waals surface area contributed by atoms with E-state index in [0.717, 1.165) is 19.4 Å². The summed E-state index contributed by atoms with van der Waals surface area (Å²) in [6, 6.07) is 4.96. The number of likely N-dealkylation sites (tertiary alicyclic amines) is 1. The number of benzene rings is 1. The van der Waals surface area contributed by atoms with E-state index in [4.69, 9.17) is 22.1 Å². The molecule has 19 heavy (non-hydrogen) atoms. The Kier molecular flexibility index (Phi) is 4.66. The van der Waals surface area contributed by atoms with Crippen molar-refractivity contribution in [2.24, 2.45) is 0 Å². The third kappa shape index (κ3) is 3.61. The molecular formula is C14H19ClN2O2. The van der Waals surface area contributed by atoms with Crippen LogP contribution in [0.15, 0.2) is 18.2 Å². The van der Waals surface area contributed by atoms with Gasteiger partial charge in [-0.1, -0.05) is 11.6 Å². The Morgan fingerprint density at radius 3 is 3.00 bits per heavy atom. The van der Waals surface area contributed by atoms with Gasteiger partial charge in [0.2, 0.25) is 0 Å². The number of ether oxygens (including phenoxy) is 1. The van der Waals surface area contributed by atoms with Crippen molar-refractivity contribution in [3.8, 4) is 0 Å². The number of hydrogen-bond donors (Lipinski definition) is 1. The molecule has 104 valence electrons. The molecule has 5 heteroatoms. The number of rotatable bonds is 3. The van der Waals surface area contributed by atoms with E-state index in [2.05, 4.69) is 0 Å². The lowest BCUT2D eigenvalue weighted by Gasteiger charge is -2.32. The summed E-state index contributed by atoms with van der Waals surface area (Å²) in [6.07, 6.45) is 2.11. The molecule has 1 unspecified atom stereocenters. The Labute approximate surface area is 118 Å². The first-order chi connectivity index (χ1) is 9.10. The molecule has 1 heterocycles. The summed E-state index contributed by atoms with van der Waals surface area (Å²) in [6.45, 7) is 4.04. The number of piperidine rings is 1. The highest BCUT2D eigenvalue weighted by Crippen LogP contribution is 2.20. The van der Waals surface area contributed by atoms with Gasteiger partial charge in [-0.25, -0.2) is 0 Å². The zero-order valence-corrected chi connectivity index (χ0v) is 11.8. The van der Waals surface area contributed by atoms with Crippen LogP contribution in [0.1, 0.15) is 30.1 Å². The molecule has 1 aliphatic rings. The zero-order valence-electron chi connectivity index (χ0n) is 11.1. The maximum absolute atomic E-state index is 12.4. The second-order valence-electron chi connectivity index (χ2n) is 4.74. The van der Waals surface area contributed by atoms with Crippen molar-refractivity contribution in [3.05, 3.63) is 28.8 Å². The molecule has 1 atom stereocenters. The number of nitrogens with zero attached hydrogens (tertiary/aromatic N) is 1. The Hall–Kier alpha value is -1.26. The first kappa shape index (κ1) is 14.2. The molecular weight excluding hydrogens is 264 g/mol. The number of halogens is 1. The molecule has 1 amide bonds. The van der Waals surface area contributed by atoms with Crippen LogP contribution in [0.3, 0.4) is 0 Å². The Bertz CT molecular complexity index is 443. The fourth-order valence-corrected chi connectivity index (χ4v) is 2.66. The number of nitrogen functional groups attached to an aromatic ring is 1. The highest BCUT2D eigenvalue weighted by atomic mass is 35.5. The van der Waals surface area contributed by atoms with Crippen molar-refractivity contribution < 1.29 is 9.53 Å². The van der Waals surface area contributed by atoms with Gasteiger partial charge >= 0.3 is 0 Å². The predicted octanol–water partition coefficient (Wildman–Crippen LogP) is 2.56.